The van der Waals surface area contributed by atoms with Crippen LogP contribution < -0.4 is 14.8 Å². The number of rotatable bonds is 8. The lowest BCUT2D eigenvalue weighted by Crippen LogP contribution is -2.18. The molecule has 0 aliphatic rings. The van der Waals surface area contributed by atoms with E-state index in [-0.39, 0.29) is 12.1 Å². The summed E-state index contributed by atoms with van der Waals surface area (Å²) in [6.45, 7) is 9.33. The van der Waals surface area contributed by atoms with E-state index < -0.39 is 0 Å². The van der Waals surface area contributed by atoms with E-state index in [1.165, 1.54) is 5.56 Å². The lowest BCUT2D eigenvalue weighted by atomic mass is 10.1. The van der Waals surface area contributed by atoms with Crippen molar-refractivity contribution in [2.24, 2.45) is 0 Å². The van der Waals surface area contributed by atoms with Crippen LogP contribution in [-0.2, 0) is 6.54 Å². The van der Waals surface area contributed by atoms with Gasteiger partial charge in [0.1, 0.15) is 0 Å². The second kappa shape index (κ2) is 8.95. The maximum absolute atomic E-state index is 6.41. The van der Waals surface area contributed by atoms with E-state index in [0.29, 0.717) is 29.7 Å². The minimum absolute atomic E-state index is 0.0452. The van der Waals surface area contributed by atoms with E-state index in [1.807, 2.05) is 39.0 Å². The number of halogens is 1. The first-order valence-electron chi connectivity index (χ1n) is 8.41. The van der Waals surface area contributed by atoms with E-state index >= 15 is 0 Å². The highest BCUT2D eigenvalue weighted by Crippen LogP contribution is 2.37. The van der Waals surface area contributed by atoms with Crippen LogP contribution >= 0.6 is 11.6 Å². The largest absolute Gasteiger partial charge is 0.490 e. The van der Waals surface area contributed by atoms with Crippen LogP contribution in [0.5, 0.6) is 11.5 Å². The monoisotopic (exact) mass is 347 g/mol. The number of hydrogen-bond acceptors (Lipinski definition) is 3. The summed E-state index contributed by atoms with van der Waals surface area (Å²) < 4.78 is 11.5. The third-order valence-electron chi connectivity index (χ3n) is 3.63. The molecule has 0 fully saturated rings. The van der Waals surface area contributed by atoms with Gasteiger partial charge in [-0.05, 0) is 51.0 Å². The van der Waals surface area contributed by atoms with Gasteiger partial charge in [0.25, 0.3) is 0 Å². The van der Waals surface area contributed by atoms with Gasteiger partial charge in [-0.3, -0.25) is 0 Å². The SMILES string of the molecule is CCOc1cc(CNC(C)c2ccccc2)cc(Cl)c1OC(C)C. The van der Waals surface area contributed by atoms with Crippen LogP contribution in [0.4, 0.5) is 0 Å². The van der Waals surface area contributed by atoms with E-state index in [9.17, 15) is 0 Å². The van der Waals surface area contributed by atoms with E-state index in [2.05, 4.69) is 36.5 Å². The third-order valence-corrected chi connectivity index (χ3v) is 3.92. The highest BCUT2D eigenvalue weighted by atomic mass is 35.5. The van der Waals surface area contributed by atoms with Crippen molar-refractivity contribution in [1.82, 2.24) is 5.32 Å². The highest BCUT2D eigenvalue weighted by Gasteiger charge is 2.14. The van der Waals surface area contributed by atoms with Crippen LogP contribution in [0.15, 0.2) is 42.5 Å². The molecule has 1 atom stereocenters. The van der Waals surface area contributed by atoms with Crippen molar-refractivity contribution in [2.75, 3.05) is 6.61 Å². The zero-order valence-corrected chi connectivity index (χ0v) is 15.6. The topological polar surface area (TPSA) is 30.5 Å². The Kier molecular flexibility index (Phi) is 6.95. The molecule has 3 nitrogen and oxygen atoms in total. The quantitative estimate of drug-likeness (QED) is 0.695. The van der Waals surface area contributed by atoms with Crippen LogP contribution in [0.1, 0.15) is 44.9 Å². The van der Waals surface area contributed by atoms with Gasteiger partial charge in [0.2, 0.25) is 0 Å². The van der Waals surface area contributed by atoms with Crippen molar-refractivity contribution < 1.29 is 9.47 Å². The summed E-state index contributed by atoms with van der Waals surface area (Å²) in [4.78, 5) is 0. The van der Waals surface area contributed by atoms with Gasteiger partial charge in [0.05, 0.1) is 17.7 Å². The summed E-state index contributed by atoms with van der Waals surface area (Å²) in [7, 11) is 0. The minimum Gasteiger partial charge on any atom is -0.490 e. The van der Waals surface area contributed by atoms with Crippen LogP contribution in [0.3, 0.4) is 0 Å². The molecule has 2 aromatic carbocycles. The molecule has 0 aliphatic heterocycles. The Morgan fingerprint density at radius 3 is 2.42 bits per heavy atom. The maximum atomic E-state index is 6.41. The minimum atomic E-state index is 0.0452. The summed E-state index contributed by atoms with van der Waals surface area (Å²) in [6.07, 6.45) is 0.0452. The molecular weight excluding hydrogens is 322 g/mol. The van der Waals surface area contributed by atoms with Crippen LogP contribution in [0.2, 0.25) is 5.02 Å². The van der Waals surface area contributed by atoms with Gasteiger partial charge in [-0.15, -0.1) is 0 Å². The highest BCUT2D eigenvalue weighted by molar-refractivity contribution is 6.32. The van der Waals surface area contributed by atoms with E-state index in [1.54, 1.807) is 0 Å². The Hall–Kier alpha value is -1.71. The molecule has 24 heavy (non-hydrogen) atoms. The van der Waals surface area contributed by atoms with Crippen molar-refractivity contribution in [3.8, 4) is 11.5 Å². The van der Waals surface area contributed by atoms with Crippen molar-refractivity contribution in [1.29, 1.82) is 0 Å². The standard InChI is InChI=1S/C20H26ClNO2/c1-5-23-19-12-16(11-18(21)20(19)24-14(2)3)13-22-15(4)17-9-7-6-8-10-17/h6-12,14-15,22H,5,13H2,1-4H3. The normalized spacial score (nSPS) is 12.2. The first-order chi connectivity index (χ1) is 11.5. The summed E-state index contributed by atoms with van der Waals surface area (Å²) in [5.74, 6) is 1.32. The van der Waals surface area contributed by atoms with E-state index in [0.717, 1.165) is 5.56 Å². The van der Waals surface area contributed by atoms with Crippen LogP contribution in [0, 0.1) is 0 Å². The zero-order chi connectivity index (χ0) is 17.5. The molecule has 0 heterocycles. The fourth-order valence-corrected chi connectivity index (χ4v) is 2.74. The van der Waals surface area contributed by atoms with Crippen molar-refractivity contribution in [2.45, 2.75) is 46.4 Å². The summed E-state index contributed by atoms with van der Waals surface area (Å²) >= 11 is 6.41. The van der Waals surface area contributed by atoms with Gasteiger partial charge < -0.3 is 14.8 Å². The Balaban J connectivity index is 2.12. The predicted molar refractivity (Wildman–Crippen MR) is 100 cm³/mol. The fraction of sp³-hybridized carbons (Fsp3) is 0.400. The molecule has 130 valence electrons. The molecule has 0 aromatic heterocycles. The third kappa shape index (κ3) is 5.15. The van der Waals surface area contributed by atoms with Crippen molar-refractivity contribution >= 4 is 11.6 Å². The summed E-state index contributed by atoms with van der Waals surface area (Å²) in [5, 5.41) is 4.10. The molecule has 0 aliphatic carbocycles. The molecule has 0 radical (unpaired) electrons. The number of ether oxygens (including phenoxy) is 2. The van der Waals surface area contributed by atoms with Crippen LogP contribution in [0.25, 0.3) is 0 Å². The Bertz CT molecular complexity index is 644. The van der Waals surface area contributed by atoms with Gasteiger partial charge in [-0.1, -0.05) is 41.9 Å². The van der Waals surface area contributed by atoms with Gasteiger partial charge in [-0.25, -0.2) is 0 Å². The molecule has 0 saturated heterocycles. The van der Waals surface area contributed by atoms with Gasteiger partial charge >= 0.3 is 0 Å². The first-order valence-corrected chi connectivity index (χ1v) is 8.79. The first kappa shape index (κ1) is 18.6. The lowest BCUT2D eigenvalue weighted by Gasteiger charge is -2.19. The molecular formula is C20H26ClNO2. The average molecular weight is 348 g/mol. The molecule has 0 spiro atoms. The number of benzene rings is 2. The average Bonchev–Trinajstić information content (AvgIpc) is 2.56. The number of nitrogens with one attached hydrogen (secondary N) is 1. The Morgan fingerprint density at radius 1 is 1.08 bits per heavy atom. The Morgan fingerprint density at radius 2 is 1.79 bits per heavy atom. The van der Waals surface area contributed by atoms with Crippen LogP contribution in [-0.4, -0.2) is 12.7 Å². The second-order valence-electron chi connectivity index (χ2n) is 6.02. The summed E-state index contributed by atoms with van der Waals surface area (Å²) in [6, 6.07) is 14.6. The molecule has 4 heteroatoms. The lowest BCUT2D eigenvalue weighted by molar-refractivity contribution is 0.224. The molecule has 1 unspecified atom stereocenters. The Labute approximate surface area is 149 Å². The zero-order valence-electron chi connectivity index (χ0n) is 14.8. The van der Waals surface area contributed by atoms with Gasteiger partial charge in [0, 0.05) is 12.6 Å². The van der Waals surface area contributed by atoms with Gasteiger partial charge in [0.15, 0.2) is 11.5 Å². The second-order valence-corrected chi connectivity index (χ2v) is 6.42. The molecule has 0 bridgehead atoms. The molecule has 2 aromatic rings. The molecule has 2 rings (SSSR count). The van der Waals surface area contributed by atoms with Crippen molar-refractivity contribution in [3.05, 3.63) is 58.6 Å². The predicted octanol–water partition coefficient (Wildman–Crippen LogP) is 5.38. The molecule has 0 saturated carbocycles. The molecule has 0 amide bonds. The smallest absolute Gasteiger partial charge is 0.180 e. The fourth-order valence-electron chi connectivity index (χ4n) is 2.47. The maximum Gasteiger partial charge on any atom is 0.180 e. The summed E-state index contributed by atoms with van der Waals surface area (Å²) in [5.41, 5.74) is 2.33. The van der Waals surface area contributed by atoms with E-state index in [4.69, 9.17) is 21.1 Å². The van der Waals surface area contributed by atoms with Crippen molar-refractivity contribution in [3.63, 3.8) is 0 Å². The number of hydrogen-bond donors (Lipinski definition) is 1. The molecule has 1 N–H and O–H groups in total. The van der Waals surface area contributed by atoms with Gasteiger partial charge in [-0.2, -0.15) is 0 Å².